The Kier molecular flexibility index (Phi) is 5.90. The lowest BCUT2D eigenvalue weighted by molar-refractivity contribution is -0.0329. The monoisotopic (exact) mass is 360 g/mol. The van der Waals surface area contributed by atoms with E-state index in [-0.39, 0.29) is 17.1 Å². The van der Waals surface area contributed by atoms with E-state index in [0.29, 0.717) is 11.4 Å². The molecular formula is C15H12ClF3N2OS. The number of benzene rings is 1. The molecule has 0 atom stereocenters. The van der Waals surface area contributed by atoms with Crippen molar-refractivity contribution in [2.45, 2.75) is 17.0 Å². The highest BCUT2D eigenvalue weighted by molar-refractivity contribution is 8.00. The van der Waals surface area contributed by atoms with E-state index in [4.69, 9.17) is 11.6 Å². The number of alkyl halides is 3. The summed E-state index contributed by atoms with van der Waals surface area (Å²) in [7, 11) is 0. The second kappa shape index (κ2) is 7.70. The molecule has 1 amide bonds. The summed E-state index contributed by atoms with van der Waals surface area (Å²) in [5.41, 5.74) is -3.67. The third-order valence-corrected chi connectivity index (χ3v) is 3.80. The maximum Gasteiger partial charge on any atom is 0.447 e. The lowest BCUT2D eigenvalue weighted by atomic mass is 10.1. The topological polar surface area (TPSA) is 42.0 Å². The Morgan fingerprint density at radius 1 is 1.26 bits per heavy atom. The first-order valence-corrected chi connectivity index (χ1v) is 7.78. The lowest BCUT2D eigenvalue weighted by Crippen LogP contribution is -2.26. The van der Waals surface area contributed by atoms with Crippen LogP contribution in [0.4, 0.5) is 13.2 Å². The van der Waals surface area contributed by atoms with E-state index in [2.05, 4.69) is 10.3 Å². The normalized spacial score (nSPS) is 11.3. The van der Waals surface area contributed by atoms with Crippen LogP contribution >= 0.6 is 23.4 Å². The van der Waals surface area contributed by atoms with E-state index < -0.39 is 23.2 Å². The molecule has 0 spiro atoms. The fraction of sp³-hybridized carbons (Fsp3) is 0.200. The first-order valence-electron chi connectivity index (χ1n) is 6.58. The zero-order valence-corrected chi connectivity index (χ0v) is 13.3. The maximum absolute atomic E-state index is 12.5. The molecule has 1 aromatic carbocycles. The predicted octanol–water partition coefficient (Wildman–Crippen LogP) is 4.32. The zero-order chi connectivity index (χ0) is 16.9. The van der Waals surface area contributed by atoms with Gasteiger partial charge in [0.2, 0.25) is 0 Å². The molecule has 2 rings (SSSR count). The second-order valence-corrected chi connectivity index (χ2v) is 6.03. The van der Waals surface area contributed by atoms with Crippen LogP contribution in [0.5, 0.6) is 0 Å². The van der Waals surface area contributed by atoms with Gasteiger partial charge in [0.25, 0.3) is 5.91 Å². The first-order chi connectivity index (χ1) is 10.8. The molecule has 0 aliphatic rings. The standard InChI is InChI=1S/C15H12ClF3N2OS/c16-11-4-1-3-10(9-11)6-8-20-13(22)12-5-2-7-21-14(12)23-15(17,18)19/h1-5,7,9H,6,8H2,(H,20,22). The lowest BCUT2D eigenvalue weighted by Gasteiger charge is -2.10. The summed E-state index contributed by atoms with van der Waals surface area (Å²) >= 11 is 5.46. The smallest absolute Gasteiger partial charge is 0.352 e. The van der Waals surface area contributed by atoms with E-state index >= 15 is 0 Å². The van der Waals surface area contributed by atoms with Crippen molar-refractivity contribution in [1.82, 2.24) is 10.3 Å². The molecule has 1 aromatic heterocycles. The third-order valence-electron chi connectivity index (χ3n) is 2.82. The van der Waals surface area contributed by atoms with Crippen molar-refractivity contribution in [3.8, 4) is 0 Å². The molecule has 0 bridgehead atoms. The molecule has 8 heteroatoms. The molecular weight excluding hydrogens is 349 g/mol. The zero-order valence-electron chi connectivity index (χ0n) is 11.7. The maximum atomic E-state index is 12.5. The minimum absolute atomic E-state index is 0.0964. The Hall–Kier alpha value is -1.73. The summed E-state index contributed by atoms with van der Waals surface area (Å²) in [6.07, 6.45) is 1.74. The van der Waals surface area contributed by atoms with Crippen LogP contribution in [0.25, 0.3) is 0 Å². The molecule has 0 fully saturated rings. The highest BCUT2D eigenvalue weighted by Gasteiger charge is 2.32. The summed E-state index contributed by atoms with van der Waals surface area (Å²) in [5, 5.41) is 2.82. The molecule has 23 heavy (non-hydrogen) atoms. The highest BCUT2D eigenvalue weighted by Crippen LogP contribution is 2.37. The molecule has 0 saturated carbocycles. The number of nitrogens with zero attached hydrogens (tertiary/aromatic N) is 1. The van der Waals surface area contributed by atoms with Crippen LogP contribution in [0, 0.1) is 0 Å². The van der Waals surface area contributed by atoms with E-state index in [1.54, 1.807) is 18.2 Å². The van der Waals surface area contributed by atoms with Crippen LogP contribution < -0.4 is 5.32 Å². The molecule has 0 saturated heterocycles. The van der Waals surface area contributed by atoms with Crippen molar-refractivity contribution in [3.63, 3.8) is 0 Å². The Morgan fingerprint density at radius 2 is 2.04 bits per heavy atom. The number of halogens is 4. The predicted molar refractivity (Wildman–Crippen MR) is 83.6 cm³/mol. The van der Waals surface area contributed by atoms with Gasteiger partial charge < -0.3 is 5.32 Å². The van der Waals surface area contributed by atoms with Crippen molar-refractivity contribution in [2.24, 2.45) is 0 Å². The molecule has 122 valence electrons. The van der Waals surface area contributed by atoms with E-state index in [1.165, 1.54) is 18.3 Å². The van der Waals surface area contributed by atoms with Crippen LogP contribution in [0.1, 0.15) is 15.9 Å². The number of aromatic nitrogens is 1. The van der Waals surface area contributed by atoms with Gasteiger partial charge in [-0.2, -0.15) is 13.2 Å². The number of amides is 1. The molecule has 0 unspecified atom stereocenters. The average molecular weight is 361 g/mol. The largest absolute Gasteiger partial charge is 0.447 e. The van der Waals surface area contributed by atoms with Crippen molar-refractivity contribution in [3.05, 3.63) is 58.7 Å². The molecule has 1 heterocycles. The summed E-state index contributed by atoms with van der Waals surface area (Å²) in [6, 6.07) is 9.89. The van der Waals surface area contributed by atoms with Gasteiger partial charge in [0.15, 0.2) is 0 Å². The second-order valence-electron chi connectivity index (χ2n) is 4.54. The molecule has 3 nitrogen and oxygen atoms in total. The number of hydrogen-bond donors (Lipinski definition) is 1. The number of pyridine rings is 1. The number of rotatable bonds is 5. The van der Waals surface area contributed by atoms with Gasteiger partial charge in [-0.05, 0) is 36.2 Å². The number of thioether (sulfide) groups is 1. The first kappa shape index (κ1) is 17.6. The number of nitrogens with one attached hydrogen (secondary N) is 1. The third kappa shape index (κ3) is 5.76. The summed E-state index contributed by atoms with van der Waals surface area (Å²) in [5.74, 6) is -0.591. The fourth-order valence-electron chi connectivity index (χ4n) is 1.86. The minimum atomic E-state index is -4.50. The van der Waals surface area contributed by atoms with Gasteiger partial charge in [0, 0.05) is 29.5 Å². The van der Waals surface area contributed by atoms with Gasteiger partial charge in [-0.3, -0.25) is 4.79 Å². The van der Waals surface area contributed by atoms with E-state index in [0.717, 1.165) is 5.56 Å². The van der Waals surface area contributed by atoms with Crippen molar-refractivity contribution in [1.29, 1.82) is 0 Å². The van der Waals surface area contributed by atoms with Gasteiger partial charge in [-0.15, -0.1) is 0 Å². The summed E-state index contributed by atoms with van der Waals surface area (Å²) < 4.78 is 37.4. The molecule has 0 aliphatic heterocycles. The Morgan fingerprint density at radius 3 is 2.74 bits per heavy atom. The van der Waals surface area contributed by atoms with Gasteiger partial charge in [-0.1, -0.05) is 23.7 Å². The van der Waals surface area contributed by atoms with Crippen molar-refractivity contribution >= 4 is 29.3 Å². The van der Waals surface area contributed by atoms with Crippen LogP contribution in [-0.4, -0.2) is 22.9 Å². The van der Waals surface area contributed by atoms with Crippen LogP contribution in [0.3, 0.4) is 0 Å². The average Bonchev–Trinajstić information content (AvgIpc) is 2.46. The Balaban J connectivity index is 1.98. The highest BCUT2D eigenvalue weighted by atomic mass is 35.5. The van der Waals surface area contributed by atoms with Crippen molar-refractivity contribution < 1.29 is 18.0 Å². The van der Waals surface area contributed by atoms with Gasteiger partial charge in [0.05, 0.1) is 5.56 Å². The Bertz CT molecular complexity index is 694. The number of carbonyl (C=O) groups excluding carboxylic acids is 1. The molecule has 0 aliphatic carbocycles. The number of hydrogen-bond acceptors (Lipinski definition) is 3. The fourth-order valence-corrected chi connectivity index (χ4v) is 2.68. The number of carbonyl (C=O) groups is 1. The summed E-state index contributed by atoms with van der Waals surface area (Å²) in [4.78, 5) is 15.7. The van der Waals surface area contributed by atoms with Gasteiger partial charge in [0.1, 0.15) is 5.03 Å². The molecule has 0 radical (unpaired) electrons. The van der Waals surface area contributed by atoms with Crippen LogP contribution in [-0.2, 0) is 6.42 Å². The van der Waals surface area contributed by atoms with E-state index in [1.807, 2.05) is 6.07 Å². The van der Waals surface area contributed by atoms with E-state index in [9.17, 15) is 18.0 Å². The van der Waals surface area contributed by atoms with Crippen LogP contribution in [0.2, 0.25) is 5.02 Å². The SMILES string of the molecule is O=C(NCCc1cccc(Cl)c1)c1cccnc1SC(F)(F)F. The van der Waals surface area contributed by atoms with Gasteiger partial charge >= 0.3 is 5.51 Å². The minimum Gasteiger partial charge on any atom is -0.352 e. The molecule has 2 aromatic rings. The van der Waals surface area contributed by atoms with Crippen LogP contribution in [0.15, 0.2) is 47.6 Å². The van der Waals surface area contributed by atoms with Crippen molar-refractivity contribution in [2.75, 3.05) is 6.54 Å². The Labute approximate surface area is 140 Å². The van der Waals surface area contributed by atoms with Gasteiger partial charge in [-0.25, -0.2) is 4.98 Å². The summed E-state index contributed by atoms with van der Waals surface area (Å²) in [6.45, 7) is 0.282. The molecule has 1 N–H and O–H groups in total. The quantitative estimate of drug-likeness (QED) is 0.807.